The maximum atomic E-state index is 12.3. The Morgan fingerprint density at radius 1 is 1.23 bits per heavy atom. The highest BCUT2D eigenvalue weighted by Crippen LogP contribution is 2.35. The third kappa shape index (κ3) is 2.02. The van der Waals surface area contributed by atoms with Crippen LogP contribution in [-0.2, 0) is 19.9 Å². The van der Waals surface area contributed by atoms with Gasteiger partial charge in [0.25, 0.3) is 5.56 Å². The van der Waals surface area contributed by atoms with E-state index in [4.69, 9.17) is 5.10 Å². The van der Waals surface area contributed by atoms with Gasteiger partial charge in [0.1, 0.15) is 5.65 Å². The van der Waals surface area contributed by atoms with Crippen molar-refractivity contribution in [2.75, 3.05) is 19.6 Å². The molecule has 0 unspecified atom stereocenters. The van der Waals surface area contributed by atoms with E-state index in [0.717, 1.165) is 43.6 Å². The molecule has 2 aliphatic rings. The van der Waals surface area contributed by atoms with Crippen LogP contribution in [0.1, 0.15) is 48.9 Å². The molecule has 0 radical (unpaired) electrons. The van der Waals surface area contributed by atoms with Crippen LogP contribution in [0.5, 0.6) is 0 Å². The molecule has 118 valence electrons. The molecule has 5 nitrogen and oxygen atoms in total. The summed E-state index contributed by atoms with van der Waals surface area (Å²) in [7, 11) is 1.94. The Morgan fingerprint density at radius 2 is 1.95 bits per heavy atom. The molecule has 5 heteroatoms. The van der Waals surface area contributed by atoms with Crippen LogP contribution in [-0.4, -0.2) is 39.3 Å². The minimum atomic E-state index is 0.0953. The second-order valence-electron chi connectivity index (χ2n) is 6.81. The number of likely N-dealkylation sites (tertiary alicyclic amines) is 1. The van der Waals surface area contributed by atoms with E-state index in [-0.39, 0.29) is 5.56 Å². The van der Waals surface area contributed by atoms with Crippen molar-refractivity contribution in [1.29, 1.82) is 0 Å². The third-order valence-corrected chi connectivity index (χ3v) is 5.23. The zero-order chi connectivity index (χ0) is 15.3. The molecular formula is C17H24N4O. The number of H-pyrrole nitrogens is 1. The molecule has 3 heterocycles. The lowest BCUT2D eigenvalue weighted by Crippen LogP contribution is -2.45. The molecule has 22 heavy (non-hydrogen) atoms. The molecule has 1 saturated heterocycles. The number of rotatable bonds is 3. The van der Waals surface area contributed by atoms with Crippen molar-refractivity contribution < 1.29 is 0 Å². The average molecular weight is 300 g/mol. The van der Waals surface area contributed by atoms with Crippen molar-refractivity contribution in [3.63, 3.8) is 0 Å². The molecule has 1 fully saturated rings. The molecule has 0 spiro atoms. The molecule has 0 atom stereocenters. The Bertz CT molecular complexity index is 767. The lowest BCUT2D eigenvalue weighted by Gasteiger charge is -2.38. The number of nitrogens with zero attached hydrogens (tertiary/aromatic N) is 3. The number of fused-ring (bicyclic) bond motifs is 3. The topological polar surface area (TPSA) is 53.9 Å². The number of hydrogen-bond donors (Lipinski definition) is 1. The van der Waals surface area contributed by atoms with E-state index in [9.17, 15) is 4.79 Å². The van der Waals surface area contributed by atoms with Gasteiger partial charge in [0.05, 0.1) is 5.69 Å². The van der Waals surface area contributed by atoms with E-state index in [1.54, 1.807) is 0 Å². The minimum Gasteiger partial charge on any atom is -0.307 e. The normalized spacial score (nSPS) is 19.4. The maximum Gasteiger partial charge on any atom is 0.253 e. The molecule has 0 bridgehead atoms. The van der Waals surface area contributed by atoms with Gasteiger partial charge in [-0.05, 0) is 44.2 Å². The highest BCUT2D eigenvalue weighted by Gasteiger charge is 2.33. The van der Waals surface area contributed by atoms with E-state index in [1.807, 2.05) is 11.7 Å². The summed E-state index contributed by atoms with van der Waals surface area (Å²) < 4.78 is 1.86. The number of hydrogen-bond acceptors (Lipinski definition) is 3. The Balaban J connectivity index is 1.81. The first-order valence-electron chi connectivity index (χ1n) is 8.52. The lowest BCUT2D eigenvalue weighted by molar-refractivity contribution is 0.146. The predicted octanol–water partition coefficient (Wildman–Crippen LogP) is 1.95. The van der Waals surface area contributed by atoms with Crippen LogP contribution in [0, 0.1) is 0 Å². The van der Waals surface area contributed by atoms with Gasteiger partial charge in [0.2, 0.25) is 0 Å². The smallest absolute Gasteiger partial charge is 0.253 e. The van der Waals surface area contributed by atoms with Crippen molar-refractivity contribution >= 4 is 11.0 Å². The summed E-state index contributed by atoms with van der Waals surface area (Å²) in [6.07, 6.45) is 5.47. The summed E-state index contributed by atoms with van der Waals surface area (Å²) in [4.78, 5) is 17.9. The van der Waals surface area contributed by atoms with E-state index < -0.39 is 0 Å². The molecule has 0 aromatic carbocycles. The number of aromatic amines is 1. The van der Waals surface area contributed by atoms with Gasteiger partial charge in [-0.2, -0.15) is 5.10 Å². The third-order valence-electron chi connectivity index (χ3n) is 5.23. The lowest BCUT2D eigenvalue weighted by atomic mass is 9.87. The van der Waals surface area contributed by atoms with E-state index in [2.05, 4.69) is 16.8 Å². The van der Waals surface area contributed by atoms with E-state index in [0.29, 0.717) is 5.92 Å². The van der Waals surface area contributed by atoms with Crippen LogP contribution in [0.25, 0.3) is 11.0 Å². The molecule has 1 aliphatic heterocycles. The average Bonchev–Trinajstić information content (AvgIpc) is 2.80. The van der Waals surface area contributed by atoms with Gasteiger partial charge in [0.15, 0.2) is 0 Å². The molecule has 0 amide bonds. The van der Waals surface area contributed by atoms with Crippen molar-refractivity contribution in [2.24, 2.45) is 7.05 Å². The zero-order valence-corrected chi connectivity index (χ0v) is 13.5. The van der Waals surface area contributed by atoms with E-state index >= 15 is 0 Å². The van der Waals surface area contributed by atoms with Crippen LogP contribution in [0.4, 0.5) is 0 Å². The van der Waals surface area contributed by atoms with Gasteiger partial charge in [0, 0.05) is 37.0 Å². The van der Waals surface area contributed by atoms with Crippen molar-refractivity contribution in [3.8, 4) is 0 Å². The fourth-order valence-electron chi connectivity index (χ4n) is 4.13. The van der Waals surface area contributed by atoms with Crippen molar-refractivity contribution in [2.45, 2.75) is 44.9 Å². The van der Waals surface area contributed by atoms with Crippen molar-refractivity contribution in [3.05, 3.63) is 27.2 Å². The van der Waals surface area contributed by atoms with Crippen LogP contribution in [0.2, 0.25) is 0 Å². The predicted molar refractivity (Wildman–Crippen MR) is 87.4 cm³/mol. The van der Waals surface area contributed by atoms with Gasteiger partial charge < -0.3 is 9.88 Å². The molecule has 4 rings (SSSR count). The largest absolute Gasteiger partial charge is 0.307 e. The molecule has 1 N–H and O–H groups in total. The van der Waals surface area contributed by atoms with Crippen LogP contribution in [0.3, 0.4) is 0 Å². The van der Waals surface area contributed by atoms with Gasteiger partial charge in [-0.3, -0.25) is 9.48 Å². The van der Waals surface area contributed by atoms with E-state index in [1.165, 1.54) is 36.0 Å². The molecule has 2 aromatic rings. The Kier molecular flexibility index (Phi) is 3.33. The zero-order valence-electron chi connectivity index (χ0n) is 13.5. The minimum absolute atomic E-state index is 0.0953. The first-order valence-corrected chi connectivity index (χ1v) is 8.52. The van der Waals surface area contributed by atoms with Crippen LogP contribution in [0.15, 0.2) is 4.79 Å². The number of nitrogens with one attached hydrogen (secondary N) is 1. The van der Waals surface area contributed by atoms with Crippen molar-refractivity contribution in [1.82, 2.24) is 19.7 Å². The van der Waals surface area contributed by atoms with Gasteiger partial charge in [-0.1, -0.05) is 6.92 Å². The Hall–Kier alpha value is -1.62. The summed E-state index contributed by atoms with van der Waals surface area (Å²) in [5, 5.41) is 6.02. The maximum absolute atomic E-state index is 12.3. The highest BCUT2D eigenvalue weighted by molar-refractivity contribution is 5.84. The number of pyridine rings is 1. The summed E-state index contributed by atoms with van der Waals surface area (Å²) in [5.41, 5.74) is 4.51. The van der Waals surface area contributed by atoms with Gasteiger partial charge >= 0.3 is 0 Å². The first-order chi connectivity index (χ1) is 10.7. The highest BCUT2D eigenvalue weighted by atomic mass is 16.1. The van der Waals surface area contributed by atoms with Crippen LogP contribution < -0.4 is 5.56 Å². The fourth-order valence-corrected chi connectivity index (χ4v) is 4.13. The first kappa shape index (κ1) is 14.0. The summed E-state index contributed by atoms with van der Waals surface area (Å²) >= 11 is 0. The standard InChI is InChI=1S/C17H24N4O/c1-3-8-21-9-11(10-21)15-14-12-6-4-5-7-13(12)17(22)18-16(14)20(2)19-15/h11H,3-10H2,1-2H3,(H,18,22). The summed E-state index contributed by atoms with van der Waals surface area (Å²) in [5.74, 6) is 0.521. The summed E-state index contributed by atoms with van der Waals surface area (Å²) in [6.45, 7) is 5.61. The second kappa shape index (κ2) is 5.23. The second-order valence-corrected chi connectivity index (χ2v) is 6.81. The number of aromatic nitrogens is 3. The summed E-state index contributed by atoms with van der Waals surface area (Å²) in [6, 6.07) is 0. The van der Waals surface area contributed by atoms with Gasteiger partial charge in [-0.25, -0.2) is 0 Å². The molecule has 1 aliphatic carbocycles. The SMILES string of the molecule is CCCN1CC(c2nn(C)c3[nH]c(=O)c4c(c23)CCCC4)C1. The molecule has 2 aromatic heterocycles. The monoisotopic (exact) mass is 300 g/mol. The molecular weight excluding hydrogens is 276 g/mol. The fraction of sp³-hybridized carbons (Fsp3) is 0.647. The quantitative estimate of drug-likeness (QED) is 0.942. The Labute approximate surface area is 130 Å². The van der Waals surface area contributed by atoms with Gasteiger partial charge in [-0.15, -0.1) is 0 Å². The number of aryl methyl sites for hydroxylation is 2. The molecule has 0 saturated carbocycles. The van der Waals surface area contributed by atoms with Crippen LogP contribution >= 0.6 is 0 Å². The Morgan fingerprint density at radius 3 is 2.68 bits per heavy atom.